The highest BCUT2D eigenvalue weighted by atomic mass is 16.6. The Hall–Kier alpha value is -2.05. The first-order valence-electron chi connectivity index (χ1n) is 7.81. The second kappa shape index (κ2) is 7.99. The van der Waals surface area contributed by atoms with E-state index in [1.165, 1.54) is 11.0 Å². The van der Waals surface area contributed by atoms with E-state index in [0.29, 0.717) is 19.5 Å². The Balaban J connectivity index is 2.51. The SMILES string of the molecule is CC(C)=CC(=O)NNC(=O)C1CCCN(C(=O)OC(C)(C)C)C1. The van der Waals surface area contributed by atoms with Crippen molar-refractivity contribution in [1.82, 2.24) is 15.8 Å². The van der Waals surface area contributed by atoms with Gasteiger partial charge in [0.1, 0.15) is 5.60 Å². The molecule has 1 rings (SSSR count). The Morgan fingerprint density at radius 2 is 1.83 bits per heavy atom. The van der Waals surface area contributed by atoms with E-state index in [-0.39, 0.29) is 17.7 Å². The van der Waals surface area contributed by atoms with Gasteiger partial charge in [0.25, 0.3) is 5.91 Å². The van der Waals surface area contributed by atoms with E-state index in [4.69, 9.17) is 4.74 Å². The molecule has 0 aromatic heterocycles. The quantitative estimate of drug-likeness (QED) is 0.598. The van der Waals surface area contributed by atoms with Crippen molar-refractivity contribution in [3.63, 3.8) is 0 Å². The van der Waals surface area contributed by atoms with Gasteiger partial charge < -0.3 is 9.64 Å². The lowest BCUT2D eigenvalue weighted by Gasteiger charge is -2.33. The number of rotatable bonds is 2. The highest BCUT2D eigenvalue weighted by Gasteiger charge is 2.31. The molecule has 0 radical (unpaired) electrons. The van der Waals surface area contributed by atoms with E-state index >= 15 is 0 Å². The summed E-state index contributed by atoms with van der Waals surface area (Å²) in [5.41, 5.74) is 5.02. The maximum atomic E-state index is 12.1. The first-order chi connectivity index (χ1) is 10.6. The van der Waals surface area contributed by atoms with E-state index in [9.17, 15) is 14.4 Å². The fraction of sp³-hybridized carbons (Fsp3) is 0.688. The van der Waals surface area contributed by atoms with Gasteiger partial charge in [-0.3, -0.25) is 20.4 Å². The van der Waals surface area contributed by atoms with E-state index in [1.54, 1.807) is 34.6 Å². The van der Waals surface area contributed by atoms with Gasteiger partial charge in [0.05, 0.1) is 5.92 Å². The van der Waals surface area contributed by atoms with Crippen molar-refractivity contribution in [2.24, 2.45) is 5.92 Å². The Morgan fingerprint density at radius 3 is 2.39 bits per heavy atom. The zero-order valence-electron chi connectivity index (χ0n) is 14.6. The Labute approximate surface area is 137 Å². The minimum atomic E-state index is -0.565. The van der Waals surface area contributed by atoms with Crippen molar-refractivity contribution in [1.29, 1.82) is 0 Å². The lowest BCUT2D eigenvalue weighted by Crippen LogP contribution is -2.50. The fourth-order valence-corrected chi connectivity index (χ4v) is 2.21. The standard InChI is InChI=1S/C16H27N3O4/c1-11(2)9-13(20)17-18-14(21)12-7-6-8-19(10-12)15(22)23-16(3,4)5/h9,12H,6-8,10H2,1-5H3,(H,17,20)(H,18,21). The molecule has 0 spiro atoms. The zero-order valence-corrected chi connectivity index (χ0v) is 14.6. The predicted molar refractivity (Wildman–Crippen MR) is 86.2 cm³/mol. The Morgan fingerprint density at radius 1 is 1.17 bits per heavy atom. The Bertz CT molecular complexity index is 490. The van der Waals surface area contributed by atoms with Gasteiger partial charge in [0.15, 0.2) is 0 Å². The van der Waals surface area contributed by atoms with Crippen molar-refractivity contribution in [2.45, 2.75) is 53.1 Å². The second-order valence-electron chi connectivity index (χ2n) is 6.97. The van der Waals surface area contributed by atoms with E-state index in [2.05, 4.69) is 10.9 Å². The number of carbonyl (C=O) groups is 3. The van der Waals surface area contributed by atoms with Crippen LogP contribution in [0.1, 0.15) is 47.5 Å². The number of nitrogens with zero attached hydrogens (tertiary/aromatic N) is 1. The molecule has 3 amide bonds. The number of piperidine rings is 1. The molecule has 1 unspecified atom stereocenters. The molecule has 0 saturated carbocycles. The summed E-state index contributed by atoms with van der Waals surface area (Å²) in [6.07, 6.45) is 2.38. The molecule has 1 aliphatic rings. The van der Waals surface area contributed by atoms with E-state index in [0.717, 1.165) is 12.0 Å². The molecule has 130 valence electrons. The highest BCUT2D eigenvalue weighted by Crippen LogP contribution is 2.19. The average molecular weight is 325 g/mol. The van der Waals surface area contributed by atoms with Crippen LogP contribution < -0.4 is 10.9 Å². The molecule has 0 aromatic rings. The van der Waals surface area contributed by atoms with Crippen molar-refractivity contribution in [3.8, 4) is 0 Å². The van der Waals surface area contributed by atoms with Gasteiger partial charge in [-0.15, -0.1) is 0 Å². The molecular formula is C16H27N3O4. The molecule has 0 aliphatic carbocycles. The first kappa shape index (κ1) is 19.0. The lowest BCUT2D eigenvalue weighted by atomic mass is 9.98. The first-order valence-corrected chi connectivity index (χ1v) is 7.81. The molecule has 1 atom stereocenters. The van der Waals surface area contributed by atoms with Gasteiger partial charge in [-0.2, -0.15) is 0 Å². The third kappa shape index (κ3) is 7.17. The number of amides is 3. The van der Waals surface area contributed by atoms with Gasteiger partial charge in [0, 0.05) is 19.2 Å². The third-order valence-electron chi connectivity index (χ3n) is 3.17. The molecule has 1 aliphatic heterocycles. The smallest absolute Gasteiger partial charge is 0.410 e. The summed E-state index contributed by atoms with van der Waals surface area (Å²) in [6, 6.07) is 0. The summed E-state index contributed by atoms with van der Waals surface area (Å²) in [5, 5.41) is 0. The molecule has 23 heavy (non-hydrogen) atoms. The molecule has 1 heterocycles. The highest BCUT2D eigenvalue weighted by molar-refractivity contribution is 5.90. The van der Waals surface area contributed by atoms with Gasteiger partial charge in [-0.05, 0) is 47.5 Å². The van der Waals surface area contributed by atoms with Crippen LogP contribution in [0.4, 0.5) is 4.79 Å². The summed E-state index contributed by atoms with van der Waals surface area (Å²) in [7, 11) is 0. The van der Waals surface area contributed by atoms with Crippen molar-refractivity contribution >= 4 is 17.9 Å². The number of ether oxygens (including phenoxy) is 1. The number of carbonyl (C=O) groups excluding carboxylic acids is 3. The fourth-order valence-electron chi connectivity index (χ4n) is 2.21. The molecule has 2 N–H and O–H groups in total. The molecule has 0 bridgehead atoms. The van der Waals surface area contributed by atoms with E-state index in [1.807, 2.05) is 0 Å². The number of allylic oxidation sites excluding steroid dienone is 1. The third-order valence-corrected chi connectivity index (χ3v) is 3.17. The van der Waals surface area contributed by atoms with Gasteiger partial charge in [-0.25, -0.2) is 4.79 Å². The van der Waals surface area contributed by atoms with E-state index < -0.39 is 11.7 Å². The summed E-state index contributed by atoms with van der Waals surface area (Å²) >= 11 is 0. The van der Waals surface area contributed by atoms with Gasteiger partial charge >= 0.3 is 6.09 Å². The maximum absolute atomic E-state index is 12.1. The molecular weight excluding hydrogens is 298 g/mol. The predicted octanol–water partition coefficient (Wildman–Crippen LogP) is 1.75. The van der Waals surface area contributed by atoms with Crippen LogP contribution in [0.5, 0.6) is 0 Å². The van der Waals surface area contributed by atoms with Crippen LogP contribution in [0.2, 0.25) is 0 Å². The minimum absolute atomic E-state index is 0.291. The molecule has 7 heteroatoms. The monoisotopic (exact) mass is 325 g/mol. The Kier molecular flexibility index (Phi) is 6.60. The largest absolute Gasteiger partial charge is 0.444 e. The molecule has 1 fully saturated rings. The van der Waals surface area contributed by atoms with Crippen LogP contribution >= 0.6 is 0 Å². The average Bonchev–Trinajstić information content (AvgIpc) is 2.42. The second-order valence-corrected chi connectivity index (χ2v) is 6.97. The number of hydrogen-bond acceptors (Lipinski definition) is 4. The number of hydrazine groups is 1. The summed E-state index contributed by atoms with van der Waals surface area (Å²) in [5.74, 6) is -1.03. The van der Waals surface area contributed by atoms with Crippen LogP contribution in [0.25, 0.3) is 0 Å². The zero-order chi connectivity index (χ0) is 17.6. The summed E-state index contributed by atoms with van der Waals surface area (Å²) < 4.78 is 5.32. The lowest BCUT2D eigenvalue weighted by molar-refractivity contribution is -0.130. The van der Waals surface area contributed by atoms with Crippen molar-refractivity contribution in [3.05, 3.63) is 11.6 Å². The van der Waals surface area contributed by atoms with Crippen LogP contribution in [0.15, 0.2) is 11.6 Å². The minimum Gasteiger partial charge on any atom is -0.444 e. The van der Waals surface area contributed by atoms with Crippen LogP contribution in [0, 0.1) is 5.92 Å². The normalized spacial score (nSPS) is 18.0. The van der Waals surface area contributed by atoms with Gasteiger partial charge in [0.2, 0.25) is 5.91 Å². The van der Waals surface area contributed by atoms with Crippen LogP contribution in [-0.4, -0.2) is 41.5 Å². The summed E-state index contributed by atoms with van der Waals surface area (Å²) in [6.45, 7) is 9.86. The molecule has 7 nitrogen and oxygen atoms in total. The van der Waals surface area contributed by atoms with Gasteiger partial charge in [-0.1, -0.05) is 5.57 Å². The topological polar surface area (TPSA) is 87.7 Å². The number of hydrogen-bond donors (Lipinski definition) is 2. The number of nitrogens with one attached hydrogen (secondary N) is 2. The maximum Gasteiger partial charge on any atom is 0.410 e. The van der Waals surface area contributed by atoms with Crippen molar-refractivity contribution < 1.29 is 19.1 Å². The van der Waals surface area contributed by atoms with Crippen molar-refractivity contribution in [2.75, 3.05) is 13.1 Å². The molecule has 1 saturated heterocycles. The summed E-state index contributed by atoms with van der Waals surface area (Å²) in [4.78, 5) is 37.2. The van der Waals surface area contributed by atoms with Crippen LogP contribution in [-0.2, 0) is 14.3 Å². The van der Waals surface area contributed by atoms with Crippen LogP contribution in [0.3, 0.4) is 0 Å². The molecule has 0 aromatic carbocycles. The number of likely N-dealkylation sites (tertiary alicyclic amines) is 1.